The molecule has 0 spiro atoms. The van der Waals surface area contributed by atoms with Gasteiger partial charge in [0.05, 0.1) is 6.61 Å². The Morgan fingerprint density at radius 3 is 2.34 bits per heavy atom. The van der Waals surface area contributed by atoms with Crippen LogP contribution in [0.4, 0.5) is 10.1 Å². The van der Waals surface area contributed by atoms with Gasteiger partial charge in [-0.15, -0.1) is 11.8 Å². The van der Waals surface area contributed by atoms with Crippen molar-refractivity contribution in [3.63, 3.8) is 0 Å². The van der Waals surface area contributed by atoms with Crippen molar-refractivity contribution in [3.8, 4) is 5.75 Å². The number of methoxy groups -OCH3 is 1. The van der Waals surface area contributed by atoms with E-state index >= 15 is 0 Å². The van der Waals surface area contributed by atoms with E-state index in [2.05, 4.69) is 5.32 Å². The smallest absolute Gasteiger partial charge is 0.242 e. The third kappa shape index (κ3) is 6.07. The van der Waals surface area contributed by atoms with Crippen LogP contribution in [0.15, 0.2) is 83.8 Å². The van der Waals surface area contributed by atoms with E-state index in [9.17, 15) is 9.18 Å². The summed E-state index contributed by atoms with van der Waals surface area (Å²) in [6.45, 7) is 0.621. The van der Waals surface area contributed by atoms with Gasteiger partial charge in [-0.1, -0.05) is 48.5 Å². The van der Waals surface area contributed by atoms with Crippen molar-refractivity contribution in [3.05, 3.63) is 90.2 Å². The number of thioether (sulfide) groups is 1. The second-order valence-electron chi connectivity index (χ2n) is 6.20. The molecule has 0 aromatic heterocycles. The van der Waals surface area contributed by atoms with Crippen LogP contribution >= 0.6 is 11.8 Å². The Hall–Kier alpha value is -2.83. The topological polar surface area (TPSA) is 47.6 Å². The van der Waals surface area contributed by atoms with E-state index in [0.717, 1.165) is 10.5 Å². The largest absolute Gasteiger partial charge is 0.488 e. The maximum Gasteiger partial charge on any atom is 0.242 e. The van der Waals surface area contributed by atoms with Gasteiger partial charge in [0.25, 0.3) is 0 Å². The van der Waals surface area contributed by atoms with Gasteiger partial charge in [0.1, 0.15) is 11.9 Å². The van der Waals surface area contributed by atoms with Crippen LogP contribution in [0, 0.1) is 5.82 Å². The molecule has 0 aliphatic carbocycles. The number of rotatable bonds is 9. The number of amides is 1. The minimum absolute atomic E-state index is 0.123. The molecule has 150 valence electrons. The van der Waals surface area contributed by atoms with Crippen LogP contribution in [-0.4, -0.2) is 26.2 Å². The Balaban J connectivity index is 1.75. The number of halogens is 1. The van der Waals surface area contributed by atoms with Crippen molar-refractivity contribution in [2.75, 3.05) is 25.6 Å². The molecule has 1 amide bonds. The van der Waals surface area contributed by atoms with Gasteiger partial charge in [-0.3, -0.25) is 4.79 Å². The molecule has 1 N–H and O–H groups in total. The van der Waals surface area contributed by atoms with E-state index in [-0.39, 0.29) is 18.3 Å². The summed E-state index contributed by atoms with van der Waals surface area (Å²) in [6, 6.07) is 23.6. The SMILES string of the molecule is COCCOc1ccc(NC(=O)C(Sc2ccccc2)c2ccccc2)cc1F. The number of hydrogen-bond acceptors (Lipinski definition) is 4. The van der Waals surface area contributed by atoms with Gasteiger partial charge in [0, 0.05) is 23.8 Å². The van der Waals surface area contributed by atoms with Gasteiger partial charge in [0.2, 0.25) is 5.91 Å². The lowest BCUT2D eigenvalue weighted by Gasteiger charge is -2.17. The summed E-state index contributed by atoms with van der Waals surface area (Å²) in [5, 5.41) is 2.34. The zero-order chi connectivity index (χ0) is 20.5. The summed E-state index contributed by atoms with van der Waals surface area (Å²) in [5.74, 6) is -0.637. The molecular formula is C23H22FNO3S. The summed E-state index contributed by atoms with van der Waals surface area (Å²) >= 11 is 1.45. The number of carbonyl (C=O) groups is 1. The minimum atomic E-state index is -0.536. The van der Waals surface area contributed by atoms with Gasteiger partial charge < -0.3 is 14.8 Å². The van der Waals surface area contributed by atoms with Crippen molar-refractivity contribution in [2.24, 2.45) is 0 Å². The Kier molecular flexibility index (Phi) is 7.67. The molecule has 0 saturated heterocycles. The Morgan fingerprint density at radius 2 is 1.69 bits per heavy atom. The molecule has 29 heavy (non-hydrogen) atoms. The lowest BCUT2D eigenvalue weighted by molar-refractivity contribution is -0.115. The Bertz CT molecular complexity index is 922. The van der Waals surface area contributed by atoms with E-state index in [1.54, 1.807) is 13.2 Å². The molecule has 1 atom stereocenters. The first kappa shape index (κ1) is 20.9. The summed E-state index contributed by atoms with van der Waals surface area (Å²) < 4.78 is 24.5. The average molecular weight is 411 g/mol. The third-order valence-electron chi connectivity index (χ3n) is 4.08. The van der Waals surface area contributed by atoms with Gasteiger partial charge in [-0.05, 0) is 29.8 Å². The van der Waals surface area contributed by atoms with Gasteiger partial charge in [-0.25, -0.2) is 4.39 Å². The zero-order valence-corrected chi connectivity index (χ0v) is 16.8. The molecule has 0 bridgehead atoms. The van der Waals surface area contributed by atoms with Gasteiger partial charge >= 0.3 is 0 Å². The van der Waals surface area contributed by atoms with Crippen molar-refractivity contribution in [1.82, 2.24) is 0 Å². The number of ether oxygens (including phenoxy) is 2. The Morgan fingerprint density at radius 1 is 1.00 bits per heavy atom. The number of anilines is 1. The van der Waals surface area contributed by atoms with Gasteiger partial charge in [-0.2, -0.15) is 0 Å². The molecule has 0 fully saturated rings. The molecule has 6 heteroatoms. The quantitative estimate of drug-likeness (QED) is 0.382. The molecule has 0 aliphatic heterocycles. The molecule has 4 nitrogen and oxygen atoms in total. The normalized spacial score (nSPS) is 11.7. The van der Waals surface area contributed by atoms with Crippen LogP contribution < -0.4 is 10.1 Å². The summed E-state index contributed by atoms with van der Waals surface area (Å²) in [4.78, 5) is 14.0. The fraction of sp³-hybridized carbons (Fsp3) is 0.174. The van der Waals surface area contributed by atoms with E-state index in [4.69, 9.17) is 9.47 Å². The maximum absolute atomic E-state index is 14.3. The van der Waals surface area contributed by atoms with E-state index in [1.807, 2.05) is 60.7 Å². The lowest BCUT2D eigenvalue weighted by atomic mass is 10.1. The molecule has 0 aliphatic rings. The standard InChI is InChI=1S/C23H22FNO3S/c1-27-14-15-28-21-13-12-18(16-20(21)24)25-23(26)22(17-8-4-2-5-9-17)29-19-10-6-3-7-11-19/h2-13,16,22H,14-15H2,1H3,(H,25,26). The van der Waals surface area contributed by atoms with Crippen LogP contribution in [0.3, 0.4) is 0 Å². The monoisotopic (exact) mass is 411 g/mol. The van der Waals surface area contributed by atoms with Crippen LogP contribution in [0.25, 0.3) is 0 Å². The number of benzene rings is 3. The second kappa shape index (κ2) is 10.6. The number of nitrogens with one attached hydrogen (secondary N) is 1. The first-order valence-electron chi connectivity index (χ1n) is 9.16. The van der Waals surface area contributed by atoms with Crippen molar-refractivity contribution >= 4 is 23.4 Å². The molecule has 0 radical (unpaired) electrons. The summed E-state index contributed by atoms with van der Waals surface area (Å²) in [6.07, 6.45) is 0. The van der Waals surface area contributed by atoms with E-state index < -0.39 is 11.1 Å². The molecule has 3 aromatic carbocycles. The highest BCUT2D eigenvalue weighted by molar-refractivity contribution is 8.00. The van der Waals surface area contributed by atoms with Crippen molar-refractivity contribution in [1.29, 1.82) is 0 Å². The molecular weight excluding hydrogens is 389 g/mol. The molecule has 3 aromatic rings. The molecule has 1 unspecified atom stereocenters. The number of hydrogen-bond donors (Lipinski definition) is 1. The van der Waals surface area contributed by atoms with Crippen molar-refractivity contribution in [2.45, 2.75) is 10.1 Å². The fourth-order valence-electron chi connectivity index (χ4n) is 2.67. The summed E-state index contributed by atoms with van der Waals surface area (Å²) in [7, 11) is 1.55. The van der Waals surface area contributed by atoms with Crippen LogP contribution in [0.2, 0.25) is 0 Å². The predicted molar refractivity (Wildman–Crippen MR) is 114 cm³/mol. The lowest BCUT2D eigenvalue weighted by Crippen LogP contribution is -2.19. The highest BCUT2D eigenvalue weighted by atomic mass is 32.2. The highest BCUT2D eigenvalue weighted by Crippen LogP contribution is 2.36. The molecule has 3 rings (SSSR count). The van der Waals surface area contributed by atoms with Crippen LogP contribution in [-0.2, 0) is 9.53 Å². The van der Waals surface area contributed by atoms with E-state index in [0.29, 0.717) is 12.3 Å². The van der Waals surface area contributed by atoms with E-state index in [1.165, 1.54) is 23.9 Å². The third-order valence-corrected chi connectivity index (χ3v) is 5.35. The summed E-state index contributed by atoms with van der Waals surface area (Å²) in [5.41, 5.74) is 1.25. The Labute approximate surface area is 174 Å². The highest BCUT2D eigenvalue weighted by Gasteiger charge is 2.22. The second-order valence-corrected chi connectivity index (χ2v) is 7.38. The zero-order valence-electron chi connectivity index (χ0n) is 16.0. The first-order valence-corrected chi connectivity index (χ1v) is 10.0. The maximum atomic E-state index is 14.3. The average Bonchev–Trinajstić information content (AvgIpc) is 2.75. The van der Waals surface area contributed by atoms with Crippen LogP contribution in [0.5, 0.6) is 5.75 Å². The molecule has 0 saturated carbocycles. The molecule has 0 heterocycles. The first-order chi connectivity index (χ1) is 14.2. The number of carbonyl (C=O) groups excluding carboxylic acids is 1. The van der Waals surface area contributed by atoms with Gasteiger partial charge in [0.15, 0.2) is 11.6 Å². The van der Waals surface area contributed by atoms with Crippen molar-refractivity contribution < 1.29 is 18.7 Å². The fourth-order valence-corrected chi connectivity index (χ4v) is 3.72. The van der Waals surface area contributed by atoms with Crippen LogP contribution in [0.1, 0.15) is 10.8 Å². The minimum Gasteiger partial charge on any atom is -0.488 e. The predicted octanol–water partition coefficient (Wildman–Crippen LogP) is 5.32.